The summed E-state index contributed by atoms with van der Waals surface area (Å²) in [5, 5.41) is 3.12. The molecule has 23 heavy (non-hydrogen) atoms. The Labute approximate surface area is 138 Å². The molecule has 0 aliphatic carbocycles. The molecule has 1 N–H and O–H groups in total. The van der Waals surface area contributed by atoms with Crippen molar-refractivity contribution in [2.75, 3.05) is 31.5 Å². The molecule has 0 spiro atoms. The van der Waals surface area contributed by atoms with Crippen LogP contribution in [0.15, 0.2) is 18.5 Å². The van der Waals surface area contributed by atoms with Crippen LogP contribution < -0.4 is 5.32 Å². The Kier molecular flexibility index (Phi) is 5.43. The van der Waals surface area contributed by atoms with Gasteiger partial charge in [-0.05, 0) is 44.8 Å². The summed E-state index contributed by atoms with van der Waals surface area (Å²) < 4.78 is 0. The SMILES string of the molecule is CCN1CCC[C@H]1[C@H]1CCCN1C(=O)CCNc1ncccn1. The Bertz CT molecular complexity index is 509. The molecule has 2 aliphatic heterocycles. The van der Waals surface area contributed by atoms with Gasteiger partial charge in [-0.2, -0.15) is 0 Å². The molecule has 1 amide bonds. The Morgan fingerprint density at radius 1 is 1.22 bits per heavy atom. The Morgan fingerprint density at radius 2 is 1.96 bits per heavy atom. The minimum Gasteiger partial charge on any atom is -0.354 e. The van der Waals surface area contributed by atoms with Gasteiger partial charge in [0.25, 0.3) is 0 Å². The van der Waals surface area contributed by atoms with Crippen LogP contribution in [0.3, 0.4) is 0 Å². The Morgan fingerprint density at radius 3 is 2.74 bits per heavy atom. The van der Waals surface area contributed by atoms with Crippen LogP contribution in [0.25, 0.3) is 0 Å². The van der Waals surface area contributed by atoms with E-state index in [0.717, 1.165) is 25.9 Å². The first kappa shape index (κ1) is 16.2. The third-order valence-electron chi connectivity index (χ3n) is 5.07. The highest BCUT2D eigenvalue weighted by molar-refractivity contribution is 5.77. The number of carbonyl (C=O) groups excluding carboxylic acids is 1. The second kappa shape index (κ2) is 7.73. The van der Waals surface area contributed by atoms with Crippen LogP contribution in [0.1, 0.15) is 39.0 Å². The summed E-state index contributed by atoms with van der Waals surface area (Å²) in [5.74, 6) is 0.852. The van der Waals surface area contributed by atoms with E-state index in [4.69, 9.17) is 0 Å². The van der Waals surface area contributed by atoms with Gasteiger partial charge in [-0.15, -0.1) is 0 Å². The molecular weight excluding hydrogens is 290 g/mol. The van der Waals surface area contributed by atoms with Gasteiger partial charge in [0.15, 0.2) is 0 Å². The highest BCUT2D eigenvalue weighted by atomic mass is 16.2. The first-order valence-corrected chi connectivity index (χ1v) is 8.84. The van der Waals surface area contributed by atoms with Gasteiger partial charge in [0.05, 0.1) is 0 Å². The number of hydrogen-bond acceptors (Lipinski definition) is 5. The third-order valence-corrected chi connectivity index (χ3v) is 5.07. The summed E-state index contributed by atoms with van der Waals surface area (Å²) in [6.07, 6.45) is 8.71. The zero-order valence-corrected chi connectivity index (χ0v) is 13.9. The quantitative estimate of drug-likeness (QED) is 0.866. The van der Waals surface area contributed by atoms with Gasteiger partial charge in [-0.25, -0.2) is 9.97 Å². The lowest BCUT2D eigenvalue weighted by atomic mass is 10.0. The maximum atomic E-state index is 12.6. The lowest BCUT2D eigenvalue weighted by Gasteiger charge is -2.34. The number of nitrogens with zero attached hydrogens (tertiary/aromatic N) is 4. The molecule has 1 aromatic rings. The van der Waals surface area contributed by atoms with E-state index in [9.17, 15) is 4.79 Å². The Balaban J connectivity index is 1.52. The van der Waals surface area contributed by atoms with E-state index in [1.54, 1.807) is 18.5 Å². The van der Waals surface area contributed by atoms with E-state index < -0.39 is 0 Å². The topological polar surface area (TPSA) is 61.4 Å². The number of amides is 1. The van der Waals surface area contributed by atoms with Crippen molar-refractivity contribution < 1.29 is 4.79 Å². The zero-order valence-electron chi connectivity index (χ0n) is 13.9. The van der Waals surface area contributed by atoms with Gasteiger partial charge >= 0.3 is 0 Å². The van der Waals surface area contributed by atoms with Gasteiger partial charge in [-0.1, -0.05) is 6.92 Å². The van der Waals surface area contributed by atoms with Crippen molar-refractivity contribution in [1.29, 1.82) is 0 Å². The molecule has 0 saturated carbocycles. The predicted molar refractivity (Wildman–Crippen MR) is 90.1 cm³/mol. The molecule has 0 radical (unpaired) electrons. The van der Waals surface area contributed by atoms with Crippen LogP contribution in [0.4, 0.5) is 5.95 Å². The predicted octanol–water partition coefficient (Wildman–Crippen LogP) is 1.75. The Hall–Kier alpha value is -1.69. The van der Waals surface area contributed by atoms with E-state index in [1.165, 1.54) is 19.4 Å². The third kappa shape index (κ3) is 3.80. The van der Waals surface area contributed by atoms with Crippen LogP contribution in [-0.2, 0) is 4.79 Å². The molecule has 6 nitrogen and oxygen atoms in total. The molecule has 2 aliphatic rings. The number of rotatable bonds is 6. The van der Waals surface area contributed by atoms with Crippen LogP contribution in [0, 0.1) is 0 Å². The lowest BCUT2D eigenvalue weighted by molar-refractivity contribution is -0.132. The zero-order chi connectivity index (χ0) is 16.1. The molecule has 126 valence electrons. The van der Waals surface area contributed by atoms with Crippen LogP contribution in [0.5, 0.6) is 0 Å². The summed E-state index contributed by atoms with van der Waals surface area (Å²) in [5.41, 5.74) is 0. The minimum atomic E-state index is 0.263. The number of likely N-dealkylation sites (N-methyl/N-ethyl adjacent to an activating group) is 1. The van der Waals surface area contributed by atoms with E-state index in [0.29, 0.717) is 31.0 Å². The molecule has 2 fully saturated rings. The van der Waals surface area contributed by atoms with E-state index in [2.05, 4.69) is 32.0 Å². The smallest absolute Gasteiger partial charge is 0.224 e. The van der Waals surface area contributed by atoms with Gasteiger partial charge in [-0.3, -0.25) is 9.69 Å². The average Bonchev–Trinajstić information content (AvgIpc) is 3.24. The maximum Gasteiger partial charge on any atom is 0.224 e. The number of aromatic nitrogens is 2. The second-order valence-corrected chi connectivity index (χ2v) is 6.38. The largest absolute Gasteiger partial charge is 0.354 e. The fourth-order valence-electron chi connectivity index (χ4n) is 4.00. The van der Waals surface area contributed by atoms with Crippen LogP contribution >= 0.6 is 0 Å². The van der Waals surface area contributed by atoms with Crippen molar-refractivity contribution in [3.05, 3.63) is 18.5 Å². The van der Waals surface area contributed by atoms with Gasteiger partial charge < -0.3 is 10.2 Å². The summed E-state index contributed by atoms with van der Waals surface area (Å²) in [7, 11) is 0. The monoisotopic (exact) mass is 317 g/mol. The first-order valence-electron chi connectivity index (χ1n) is 8.84. The maximum absolute atomic E-state index is 12.6. The molecule has 2 saturated heterocycles. The summed E-state index contributed by atoms with van der Waals surface area (Å²) in [6, 6.07) is 2.77. The normalized spacial score (nSPS) is 25.0. The van der Waals surface area contributed by atoms with Crippen LogP contribution in [0.2, 0.25) is 0 Å². The molecular formula is C17H27N5O. The molecule has 3 heterocycles. The molecule has 3 rings (SSSR count). The standard InChI is InChI=1S/C17H27N5O/c1-2-21-12-3-6-14(21)15-7-4-13-22(15)16(23)8-11-20-17-18-9-5-10-19-17/h5,9-10,14-15H,2-4,6-8,11-13H2,1H3,(H,18,19,20)/t14-,15+/m0/s1. The average molecular weight is 317 g/mol. The number of likely N-dealkylation sites (tertiary alicyclic amines) is 2. The van der Waals surface area contributed by atoms with Crippen molar-refractivity contribution >= 4 is 11.9 Å². The van der Waals surface area contributed by atoms with E-state index in [1.807, 2.05) is 0 Å². The number of hydrogen-bond donors (Lipinski definition) is 1. The van der Waals surface area contributed by atoms with Crippen molar-refractivity contribution in [2.24, 2.45) is 0 Å². The molecule has 0 unspecified atom stereocenters. The summed E-state index contributed by atoms with van der Waals surface area (Å²) in [4.78, 5) is 25.5. The van der Waals surface area contributed by atoms with E-state index in [-0.39, 0.29) is 5.91 Å². The number of nitrogens with one attached hydrogen (secondary N) is 1. The lowest BCUT2D eigenvalue weighted by Crippen LogP contribution is -2.48. The van der Waals surface area contributed by atoms with Gasteiger partial charge in [0.2, 0.25) is 11.9 Å². The van der Waals surface area contributed by atoms with Crippen LogP contribution in [-0.4, -0.2) is 63.9 Å². The van der Waals surface area contributed by atoms with Gasteiger partial charge in [0, 0.05) is 44.0 Å². The number of anilines is 1. The van der Waals surface area contributed by atoms with Gasteiger partial charge in [0.1, 0.15) is 0 Å². The number of carbonyl (C=O) groups is 1. The fraction of sp³-hybridized carbons (Fsp3) is 0.706. The fourth-order valence-corrected chi connectivity index (χ4v) is 4.00. The summed E-state index contributed by atoms with van der Waals surface area (Å²) >= 11 is 0. The summed E-state index contributed by atoms with van der Waals surface area (Å²) in [6.45, 7) is 6.01. The molecule has 2 atom stereocenters. The molecule has 0 aromatic carbocycles. The van der Waals surface area contributed by atoms with Crippen molar-refractivity contribution in [2.45, 2.75) is 51.1 Å². The highest BCUT2D eigenvalue weighted by Crippen LogP contribution is 2.30. The minimum absolute atomic E-state index is 0.263. The van der Waals surface area contributed by atoms with Crippen molar-refractivity contribution in [3.63, 3.8) is 0 Å². The molecule has 0 bridgehead atoms. The van der Waals surface area contributed by atoms with Crippen molar-refractivity contribution in [1.82, 2.24) is 19.8 Å². The molecule has 6 heteroatoms. The van der Waals surface area contributed by atoms with Crippen molar-refractivity contribution in [3.8, 4) is 0 Å². The first-order chi connectivity index (χ1) is 11.3. The molecule has 1 aromatic heterocycles. The van der Waals surface area contributed by atoms with E-state index >= 15 is 0 Å². The second-order valence-electron chi connectivity index (χ2n) is 6.38. The highest BCUT2D eigenvalue weighted by Gasteiger charge is 2.38.